The van der Waals surface area contributed by atoms with Crippen molar-refractivity contribution in [2.75, 3.05) is 25.1 Å². The number of nitrogens with one attached hydrogen (secondary N) is 2. The minimum absolute atomic E-state index is 0.166. The van der Waals surface area contributed by atoms with Gasteiger partial charge in [0.25, 0.3) is 0 Å². The molecule has 6 heteroatoms. The molecule has 0 aliphatic heterocycles. The molecule has 0 aliphatic carbocycles. The van der Waals surface area contributed by atoms with Crippen molar-refractivity contribution < 1.29 is 14.7 Å². The lowest BCUT2D eigenvalue weighted by molar-refractivity contribution is -0.141. The zero-order valence-electron chi connectivity index (χ0n) is 9.08. The summed E-state index contributed by atoms with van der Waals surface area (Å²) in [5.41, 5.74) is 0. The largest absolute Gasteiger partial charge is 0.480 e. The summed E-state index contributed by atoms with van der Waals surface area (Å²) in [4.78, 5) is 22.0. The van der Waals surface area contributed by atoms with Gasteiger partial charge in [0, 0.05) is 0 Å². The van der Waals surface area contributed by atoms with Crippen molar-refractivity contribution in [1.29, 1.82) is 0 Å². The van der Waals surface area contributed by atoms with Crippen LogP contribution in [0.15, 0.2) is 0 Å². The molecular formula is C9H18N2O3S. The molecule has 3 N–H and O–H groups in total. The lowest BCUT2D eigenvalue weighted by atomic mass is 10.2. The topological polar surface area (TPSA) is 78.4 Å². The van der Waals surface area contributed by atoms with Crippen LogP contribution in [0.3, 0.4) is 0 Å². The Morgan fingerprint density at radius 3 is 2.60 bits per heavy atom. The summed E-state index contributed by atoms with van der Waals surface area (Å²) in [6.07, 6.45) is 2.35. The number of carbonyl (C=O) groups is 2. The molecule has 0 heterocycles. The molecule has 1 atom stereocenters. The Morgan fingerprint density at radius 1 is 1.47 bits per heavy atom. The Bertz CT molecular complexity index is 212. The maximum absolute atomic E-state index is 11.2. The Balaban J connectivity index is 3.93. The second-order valence-corrected chi connectivity index (χ2v) is 4.01. The normalized spacial score (nSPS) is 12.1. The average Bonchev–Trinajstić information content (AvgIpc) is 2.20. The number of hydrogen-bond acceptors (Lipinski definition) is 4. The van der Waals surface area contributed by atoms with Gasteiger partial charge in [0.15, 0.2) is 0 Å². The second kappa shape index (κ2) is 8.55. The SMILES string of the molecule is CCNCC(=O)N[C@H](CCSC)C(=O)O. The number of carboxylic acids is 1. The van der Waals surface area contributed by atoms with Gasteiger partial charge in [-0.05, 0) is 25.0 Å². The minimum Gasteiger partial charge on any atom is -0.480 e. The van der Waals surface area contributed by atoms with Gasteiger partial charge < -0.3 is 15.7 Å². The molecule has 0 aliphatic rings. The van der Waals surface area contributed by atoms with Crippen molar-refractivity contribution in [3.8, 4) is 0 Å². The number of likely N-dealkylation sites (N-methyl/N-ethyl adjacent to an activating group) is 1. The summed E-state index contributed by atoms with van der Waals surface area (Å²) in [6, 6.07) is -0.774. The molecular weight excluding hydrogens is 216 g/mol. The van der Waals surface area contributed by atoms with Crippen LogP contribution in [0, 0.1) is 0 Å². The summed E-state index contributed by atoms with van der Waals surface area (Å²) in [5.74, 6) is -0.530. The first-order valence-corrected chi connectivity index (χ1v) is 6.23. The maximum atomic E-state index is 11.2. The number of thioether (sulfide) groups is 1. The average molecular weight is 234 g/mol. The summed E-state index contributed by atoms with van der Waals surface area (Å²) < 4.78 is 0. The molecule has 0 saturated carbocycles. The van der Waals surface area contributed by atoms with Crippen LogP contribution in [-0.2, 0) is 9.59 Å². The van der Waals surface area contributed by atoms with Crippen LogP contribution in [0.1, 0.15) is 13.3 Å². The van der Waals surface area contributed by atoms with E-state index in [0.717, 1.165) is 5.75 Å². The molecule has 0 saturated heterocycles. The van der Waals surface area contributed by atoms with Gasteiger partial charge in [0.2, 0.25) is 5.91 Å². The molecule has 0 aromatic rings. The molecule has 0 aromatic carbocycles. The van der Waals surface area contributed by atoms with Crippen LogP contribution in [0.4, 0.5) is 0 Å². The molecule has 0 radical (unpaired) electrons. The molecule has 0 unspecified atom stereocenters. The highest BCUT2D eigenvalue weighted by molar-refractivity contribution is 7.98. The van der Waals surface area contributed by atoms with Gasteiger partial charge in [-0.1, -0.05) is 6.92 Å². The van der Waals surface area contributed by atoms with Crippen molar-refractivity contribution in [2.24, 2.45) is 0 Å². The van der Waals surface area contributed by atoms with Gasteiger partial charge in [-0.25, -0.2) is 4.79 Å². The van der Waals surface area contributed by atoms with Gasteiger partial charge >= 0.3 is 5.97 Å². The van der Waals surface area contributed by atoms with Crippen LogP contribution in [-0.4, -0.2) is 48.1 Å². The number of carboxylic acid groups (broad SMARTS) is 1. The predicted octanol–water partition coefficient (Wildman–Crippen LogP) is -0.0816. The second-order valence-electron chi connectivity index (χ2n) is 3.02. The molecule has 1 amide bonds. The van der Waals surface area contributed by atoms with Gasteiger partial charge in [-0.15, -0.1) is 0 Å². The Hall–Kier alpha value is -0.750. The molecule has 88 valence electrons. The van der Waals surface area contributed by atoms with Crippen LogP contribution in [0.2, 0.25) is 0 Å². The number of carbonyl (C=O) groups excluding carboxylic acids is 1. The van der Waals surface area contributed by atoms with E-state index in [4.69, 9.17) is 5.11 Å². The molecule has 0 bridgehead atoms. The molecule has 5 nitrogen and oxygen atoms in total. The van der Waals surface area contributed by atoms with Crippen LogP contribution in [0.5, 0.6) is 0 Å². The maximum Gasteiger partial charge on any atom is 0.326 e. The summed E-state index contributed by atoms with van der Waals surface area (Å²) in [5, 5.41) is 14.1. The Kier molecular flexibility index (Phi) is 8.12. The first-order chi connectivity index (χ1) is 7.11. The van der Waals surface area contributed by atoms with Gasteiger partial charge in [-0.2, -0.15) is 11.8 Å². The summed E-state index contributed by atoms with van der Waals surface area (Å²) in [7, 11) is 0. The van der Waals surface area contributed by atoms with Crippen molar-refractivity contribution in [1.82, 2.24) is 10.6 Å². The number of amides is 1. The highest BCUT2D eigenvalue weighted by Crippen LogP contribution is 2.00. The number of hydrogen-bond donors (Lipinski definition) is 3. The Morgan fingerprint density at radius 2 is 2.13 bits per heavy atom. The van der Waals surface area contributed by atoms with Gasteiger partial charge in [-0.3, -0.25) is 4.79 Å². The summed E-state index contributed by atoms with van der Waals surface area (Å²) in [6.45, 7) is 2.74. The highest BCUT2D eigenvalue weighted by atomic mass is 32.2. The highest BCUT2D eigenvalue weighted by Gasteiger charge is 2.18. The van der Waals surface area contributed by atoms with E-state index in [-0.39, 0.29) is 12.5 Å². The standard InChI is InChI=1S/C9H18N2O3S/c1-3-10-6-8(12)11-7(9(13)14)4-5-15-2/h7,10H,3-6H2,1-2H3,(H,11,12)(H,13,14)/t7-/m1/s1. The summed E-state index contributed by atoms with van der Waals surface area (Å²) >= 11 is 1.56. The lowest BCUT2D eigenvalue weighted by Crippen LogP contribution is -2.44. The minimum atomic E-state index is -0.978. The van der Waals surface area contributed by atoms with Crippen molar-refractivity contribution in [2.45, 2.75) is 19.4 Å². The van der Waals surface area contributed by atoms with Crippen LogP contribution in [0.25, 0.3) is 0 Å². The zero-order chi connectivity index (χ0) is 11.7. The van der Waals surface area contributed by atoms with E-state index in [2.05, 4.69) is 10.6 Å². The lowest BCUT2D eigenvalue weighted by Gasteiger charge is -2.13. The van der Waals surface area contributed by atoms with Crippen molar-refractivity contribution in [3.05, 3.63) is 0 Å². The van der Waals surface area contributed by atoms with Gasteiger partial charge in [0.1, 0.15) is 6.04 Å². The fourth-order valence-corrected chi connectivity index (χ4v) is 1.45. The molecule has 0 aromatic heterocycles. The quantitative estimate of drug-likeness (QED) is 0.547. The first kappa shape index (κ1) is 14.2. The first-order valence-electron chi connectivity index (χ1n) is 4.83. The molecule has 0 rings (SSSR count). The van der Waals surface area contributed by atoms with E-state index >= 15 is 0 Å². The van der Waals surface area contributed by atoms with E-state index in [1.54, 1.807) is 11.8 Å². The van der Waals surface area contributed by atoms with Gasteiger partial charge in [0.05, 0.1) is 6.54 Å². The third-order valence-corrected chi connectivity index (χ3v) is 2.42. The van der Waals surface area contributed by atoms with Crippen LogP contribution >= 0.6 is 11.8 Å². The molecule has 15 heavy (non-hydrogen) atoms. The van der Waals surface area contributed by atoms with Crippen molar-refractivity contribution >= 4 is 23.6 Å². The van der Waals surface area contributed by atoms with E-state index < -0.39 is 12.0 Å². The fourth-order valence-electron chi connectivity index (χ4n) is 0.977. The smallest absolute Gasteiger partial charge is 0.326 e. The monoisotopic (exact) mass is 234 g/mol. The molecule has 0 spiro atoms. The molecule has 0 fully saturated rings. The van der Waals surface area contributed by atoms with E-state index in [9.17, 15) is 9.59 Å². The van der Waals surface area contributed by atoms with Crippen LogP contribution < -0.4 is 10.6 Å². The van der Waals surface area contributed by atoms with Crippen molar-refractivity contribution in [3.63, 3.8) is 0 Å². The zero-order valence-corrected chi connectivity index (χ0v) is 9.89. The number of aliphatic carboxylic acids is 1. The predicted molar refractivity (Wildman–Crippen MR) is 61.1 cm³/mol. The van der Waals surface area contributed by atoms with E-state index in [0.29, 0.717) is 13.0 Å². The third kappa shape index (κ3) is 7.21. The Labute approximate surface area is 94.0 Å². The number of rotatable bonds is 8. The van der Waals surface area contributed by atoms with E-state index in [1.807, 2.05) is 13.2 Å². The third-order valence-electron chi connectivity index (χ3n) is 1.78. The fraction of sp³-hybridized carbons (Fsp3) is 0.778. The van der Waals surface area contributed by atoms with E-state index in [1.165, 1.54) is 0 Å².